The van der Waals surface area contributed by atoms with Gasteiger partial charge in [0.1, 0.15) is 0 Å². The van der Waals surface area contributed by atoms with Crippen molar-refractivity contribution in [2.75, 3.05) is 0 Å². The molecule has 0 aromatic carbocycles. The lowest BCUT2D eigenvalue weighted by atomic mass is 9.68. The molecule has 1 radical (unpaired) electrons. The summed E-state index contributed by atoms with van der Waals surface area (Å²) in [6.07, 6.45) is 6.29. The zero-order chi connectivity index (χ0) is 11.6. The van der Waals surface area contributed by atoms with Crippen LogP contribution < -0.4 is 5.32 Å². The normalized spacial score (nSPS) is 20.1. The molecule has 1 heteroatoms. The Bertz CT molecular complexity index is 266. The maximum atomic E-state index is 3.42. The molecule has 0 aliphatic carbocycles. The average Bonchev–Trinajstić information content (AvgIpc) is 2.05. The Morgan fingerprint density at radius 2 is 1.80 bits per heavy atom. The number of nitrogens with one attached hydrogen (secondary N) is 1. The van der Waals surface area contributed by atoms with Crippen molar-refractivity contribution in [3.8, 4) is 0 Å². The van der Waals surface area contributed by atoms with Crippen LogP contribution in [0.25, 0.3) is 0 Å². The van der Waals surface area contributed by atoms with E-state index in [0.29, 0.717) is 17.3 Å². The molecule has 1 N–H and O–H groups in total. The van der Waals surface area contributed by atoms with E-state index in [0.717, 1.165) is 0 Å². The number of dihydropyridines is 1. The summed E-state index contributed by atoms with van der Waals surface area (Å²) >= 11 is 0. The van der Waals surface area contributed by atoms with Gasteiger partial charge in [0.15, 0.2) is 0 Å². The molecule has 0 aromatic heterocycles. The van der Waals surface area contributed by atoms with Gasteiger partial charge < -0.3 is 5.32 Å². The molecule has 0 fully saturated rings. The highest BCUT2D eigenvalue weighted by molar-refractivity contribution is 5.32. The van der Waals surface area contributed by atoms with Crippen LogP contribution in [0.15, 0.2) is 23.9 Å². The zero-order valence-corrected chi connectivity index (χ0v) is 10.9. The van der Waals surface area contributed by atoms with Gasteiger partial charge in [-0.2, -0.15) is 0 Å². The zero-order valence-electron chi connectivity index (χ0n) is 10.9. The maximum absolute atomic E-state index is 3.42. The fourth-order valence-corrected chi connectivity index (χ4v) is 2.64. The highest BCUT2D eigenvalue weighted by Gasteiger charge is 2.36. The minimum absolute atomic E-state index is 0.302. The van der Waals surface area contributed by atoms with E-state index in [9.17, 15) is 0 Å². The van der Waals surface area contributed by atoms with Crippen LogP contribution >= 0.6 is 0 Å². The van der Waals surface area contributed by atoms with Gasteiger partial charge in [0.05, 0.1) is 6.04 Å². The Morgan fingerprint density at radius 3 is 2.20 bits per heavy atom. The molecule has 1 aliphatic heterocycles. The van der Waals surface area contributed by atoms with Crippen molar-refractivity contribution < 1.29 is 0 Å². The highest BCUT2D eigenvalue weighted by Crippen LogP contribution is 2.41. The van der Waals surface area contributed by atoms with Crippen molar-refractivity contribution >= 4 is 0 Å². The summed E-state index contributed by atoms with van der Waals surface area (Å²) in [5.41, 5.74) is 1.67. The Morgan fingerprint density at radius 1 is 1.20 bits per heavy atom. The van der Waals surface area contributed by atoms with E-state index < -0.39 is 0 Å². The van der Waals surface area contributed by atoms with Crippen LogP contribution in [0.1, 0.15) is 41.5 Å². The van der Waals surface area contributed by atoms with Crippen LogP contribution in [0.2, 0.25) is 0 Å². The Balaban J connectivity index is 2.91. The lowest BCUT2D eigenvalue weighted by Gasteiger charge is -2.40. The summed E-state index contributed by atoms with van der Waals surface area (Å²) in [4.78, 5) is 0. The first kappa shape index (κ1) is 12.4. The van der Waals surface area contributed by atoms with E-state index in [1.807, 2.05) is 6.20 Å². The predicted molar refractivity (Wildman–Crippen MR) is 67.1 cm³/mol. The average molecular weight is 206 g/mol. The van der Waals surface area contributed by atoms with Crippen LogP contribution in [0.4, 0.5) is 0 Å². The van der Waals surface area contributed by atoms with Crippen molar-refractivity contribution in [2.45, 2.75) is 41.5 Å². The highest BCUT2D eigenvalue weighted by atomic mass is 14.9. The van der Waals surface area contributed by atoms with Crippen molar-refractivity contribution in [3.63, 3.8) is 0 Å². The van der Waals surface area contributed by atoms with E-state index in [-0.39, 0.29) is 0 Å². The van der Waals surface area contributed by atoms with E-state index >= 15 is 0 Å². The van der Waals surface area contributed by atoms with Crippen molar-refractivity contribution in [3.05, 3.63) is 30.0 Å². The van der Waals surface area contributed by atoms with Crippen LogP contribution in [0.5, 0.6) is 0 Å². The van der Waals surface area contributed by atoms with Gasteiger partial charge in [-0.1, -0.05) is 40.7 Å². The molecular formula is C14H24N. The first-order valence-corrected chi connectivity index (χ1v) is 5.81. The van der Waals surface area contributed by atoms with Gasteiger partial charge in [-0.3, -0.25) is 0 Å². The molecule has 85 valence electrons. The molecule has 0 saturated carbocycles. The fraction of sp³-hybridized carbons (Fsp3) is 0.643. The van der Waals surface area contributed by atoms with Crippen molar-refractivity contribution in [1.82, 2.24) is 5.32 Å². The fourth-order valence-electron chi connectivity index (χ4n) is 2.64. The molecule has 0 aromatic rings. The molecule has 0 saturated heterocycles. The Labute approximate surface area is 94.6 Å². The number of allylic oxidation sites excluding steroid dienone is 2. The summed E-state index contributed by atoms with van der Waals surface area (Å²) in [5, 5.41) is 3.42. The van der Waals surface area contributed by atoms with Crippen molar-refractivity contribution in [1.29, 1.82) is 0 Å². The standard InChI is InChI=1S/C14H24N/c1-10(2)12(14(4,5)6)13-11(3)8-7-9-15-13/h7-10,12,15H,1-6H3. The van der Waals surface area contributed by atoms with E-state index in [1.54, 1.807) is 0 Å². The molecule has 1 unspecified atom stereocenters. The van der Waals surface area contributed by atoms with E-state index in [1.165, 1.54) is 11.6 Å². The molecule has 0 spiro atoms. The molecular weight excluding hydrogens is 182 g/mol. The molecule has 1 nitrogen and oxygen atoms in total. The first-order chi connectivity index (χ1) is 6.84. The van der Waals surface area contributed by atoms with E-state index in [2.05, 4.69) is 59.0 Å². The summed E-state index contributed by atoms with van der Waals surface area (Å²) in [6.45, 7) is 13.7. The van der Waals surface area contributed by atoms with Gasteiger partial charge in [-0.05, 0) is 42.0 Å². The lowest BCUT2D eigenvalue weighted by Crippen LogP contribution is -2.38. The SMILES string of the molecule is CC1=CC=CN[C]1C(C(C)C)C(C)(C)C. The van der Waals surface area contributed by atoms with Crippen LogP contribution in [0, 0.1) is 23.3 Å². The number of hydrogen-bond donors (Lipinski definition) is 1. The van der Waals surface area contributed by atoms with Gasteiger partial charge in [-0.25, -0.2) is 0 Å². The van der Waals surface area contributed by atoms with Gasteiger partial charge >= 0.3 is 0 Å². The van der Waals surface area contributed by atoms with Gasteiger partial charge in [-0.15, -0.1) is 0 Å². The van der Waals surface area contributed by atoms with Gasteiger partial charge in [0, 0.05) is 0 Å². The quantitative estimate of drug-likeness (QED) is 0.722. The molecule has 0 amide bonds. The molecule has 15 heavy (non-hydrogen) atoms. The third kappa shape index (κ3) is 2.87. The molecule has 1 atom stereocenters. The Hall–Kier alpha value is -0.720. The van der Waals surface area contributed by atoms with Crippen LogP contribution in [0.3, 0.4) is 0 Å². The first-order valence-electron chi connectivity index (χ1n) is 5.81. The monoisotopic (exact) mass is 206 g/mol. The summed E-state index contributed by atoms with van der Waals surface area (Å²) in [6, 6.07) is 1.39. The Kier molecular flexibility index (Phi) is 3.64. The largest absolute Gasteiger partial charge is 0.379 e. The minimum atomic E-state index is 0.302. The predicted octanol–water partition coefficient (Wildman–Crippen LogP) is 3.90. The molecule has 1 rings (SSSR count). The second-order valence-electron chi connectivity index (χ2n) is 5.85. The third-order valence-electron chi connectivity index (χ3n) is 3.02. The summed E-state index contributed by atoms with van der Waals surface area (Å²) in [5.74, 6) is 1.24. The smallest absolute Gasteiger partial charge is 0.0889 e. The second kappa shape index (κ2) is 4.42. The molecule has 1 heterocycles. The van der Waals surface area contributed by atoms with E-state index in [4.69, 9.17) is 0 Å². The van der Waals surface area contributed by atoms with Crippen LogP contribution in [-0.2, 0) is 0 Å². The topological polar surface area (TPSA) is 12.0 Å². The molecule has 1 aliphatic rings. The summed E-state index contributed by atoms with van der Waals surface area (Å²) in [7, 11) is 0. The number of rotatable bonds is 2. The summed E-state index contributed by atoms with van der Waals surface area (Å²) < 4.78 is 0. The van der Waals surface area contributed by atoms with Gasteiger partial charge in [0.25, 0.3) is 0 Å². The van der Waals surface area contributed by atoms with Crippen molar-refractivity contribution in [2.24, 2.45) is 17.3 Å². The molecule has 0 bridgehead atoms. The maximum Gasteiger partial charge on any atom is 0.0889 e. The lowest BCUT2D eigenvalue weighted by molar-refractivity contribution is 0.186. The number of hydrogen-bond acceptors (Lipinski definition) is 1. The minimum Gasteiger partial charge on any atom is -0.379 e. The second-order valence-corrected chi connectivity index (χ2v) is 5.85. The van der Waals surface area contributed by atoms with Crippen LogP contribution in [-0.4, -0.2) is 0 Å². The third-order valence-corrected chi connectivity index (χ3v) is 3.02. The van der Waals surface area contributed by atoms with Gasteiger partial charge in [0.2, 0.25) is 0 Å².